The lowest BCUT2D eigenvalue weighted by Crippen LogP contribution is -2.53. The van der Waals surface area contributed by atoms with Crippen molar-refractivity contribution in [3.8, 4) is 11.5 Å². The van der Waals surface area contributed by atoms with Crippen LogP contribution in [0.1, 0.15) is 90.9 Å². The number of aliphatic hydroxyl groups is 1. The predicted octanol–water partition coefficient (Wildman–Crippen LogP) is 6.39. The summed E-state index contributed by atoms with van der Waals surface area (Å²) >= 11 is 0. The number of nitrogens with zero attached hydrogens (tertiary/aromatic N) is 1. The number of unbranched alkanes of at least 4 members (excludes halogenated alkanes) is 3. The molecule has 0 saturated carbocycles. The first-order valence-corrected chi connectivity index (χ1v) is 18.1. The maximum absolute atomic E-state index is 14.1. The number of phenols is 1. The number of benzene rings is 3. The summed E-state index contributed by atoms with van der Waals surface area (Å²) in [5, 5.41) is 21.6. The number of hydrogen-bond donors (Lipinski definition) is 3. The van der Waals surface area contributed by atoms with E-state index in [4.69, 9.17) is 9.47 Å². The average Bonchev–Trinajstić information content (AvgIpc) is 3.51. The van der Waals surface area contributed by atoms with E-state index < -0.39 is 11.5 Å². The fraction of sp³-hybridized carbons (Fsp3) is 0.439. The van der Waals surface area contributed by atoms with Crippen LogP contribution >= 0.6 is 0 Å². The number of carbonyl (C=O) groups is 2. The zero-order valence-electron chi connectivity index (χ0n) is 28.4. The van der Waals surface area contributed by atoms with Gasteiger partial charge < -0.3 is 24.7 Å². The standard InChI is InChI=1S/C41H46N2O7/c44-34(31-13-15-35(45)39-32(31)14-16-38(47)42-39)12-3-1-2-6-23-49-30-10-7-9-29(24-30)36(46)25-41(20-17-27-8-4-5-11-33(27)41)40(48)50-37-26-43-21-18-28(37)19-22-43/h4-5,7-11,13-16,24,28,34,37,44-45H,1-3,6,12,17-23,25-26H2,(H,42,47)/t34-,37-,41?/m0/s1. The number of nitrogens with one attached hydrogen (secondary N) is 1. The van der Waals surface area contributed by atoms with Gasteiger partial charge in [-0.15, -0.1) is 0 Å². The molecule has 4 aliphatic rings. The molecule has 1 aliphatic carbocycles. The fourth-order valence-corrected chi connectivity index (χ4v) is 8.27. The van der Waals surface area contributed by atoms with Crippen LogP contribution in [0.3, 0.4) is 0 Å². The molecule has 2 bridgehead atoms. The Morgan fingerprint density at radius 2 is 1.78 bits per heavy atom. The molecule has 0 radical (unpaired) electrons. The van der Waals surface area contributed by atoms with Crippen LogP contribution in [-0.4, -0.2) is 64.2 Å². The summed E-state index contributed by atoms with van der Waals surface area (Å²) in [5.41, 5.74) is 2.29. The van der Waals surface area contributed by atoms with Crippen molar-refractivity contribution in [1.29, 1.82) is 0 Å². The number of hydrogen-bond acceptors (Lipinski definition) is 8. The topological polar surface area (TPSA) is 129 Å². The first-order valence-electron chi connectivity index (χ1n) is 18.1. The van der Waals surface area contributed by atoms with E-state index in [-0.39, 0.29) is 35.6 Å². The maximum atomic E-state index is 14.1. The van der Waals surface area contributed by atoms with Crippen molar-refractivity contribution >= 4 is 22.7 Å². The van der Waals surface area contributed by atoms with Crippen LogP contribution < -0.4 is 10.3 Å². The number of aliphatic hydroxyl groups excluding tert-OH is 1. The summed E-state index contributed by atoms with van der Waals surface area (Å²) in [4.78, 5) is 44.7. The minimum Gasteiger partial charge on any atom is -0.506 e. The molecule has 4 aromatic rings. The molecule has 8 rings (SSSR count). The van der Waals surface area contributed by atoms with E-state index in [2.05, 4.69) is 16.0 Å². The lowest BCUT2D eigenvalue weighted by molar-refractivity contribution is -0.166. The fourth-order valence-electron chi connectivity index (χ4n) is 8.27. The molecule has 1 aromatic heterocycles. The van der Waals surface area contributed by atoms with Gasteiger partial charge in [-0.1, -0.05) is 61.7 Å². The second-order valence-corrected chi connectivity index (χ2v) is 14.3. The molecule has 0 spiro atoms. The molecule has 3 aromatic carbocycles. The van der Waals surface area contributed by atoms with Gasteiger partial charge in [-0.25, -0.2) is 0 Å². The Kier molecular flexibility index (Phi) is 10.1. The van der Waals surface area contributed by atoms with Gasteiger partial charge >= 0.3 is 5.97 Å². The lowest BCUT2D eigenvalue weighted by atomic mass is 9.76. The number of H-pyrrole nitrogens is 1. The van der Waals surface area contributed by atoms with Crippen LogP contribution in [0.4, 0.5) is 0 Å². The quantitative estimate of drug-likeness (QED) is 0.0795. The highest BCUT2D eigenvalue weighted by atomic mass is 16.5. The van der Waals surface area contributed by atoms with Crippen molar-refractivity contribution in [2.45, 2.75) is 81.8 Å². The third-order valence-electron chi connectivity index (χ3n) is 11.1. The number of aryl methyl sites for hydroxylation is 1. The maximum Gasteiger partial charge on any atom is 0.317 e. The minimum absolute atomic E-state index is 0.0216. The van der Waals surface area contributed by atoms with E-state index in [0.717, 1.165) is 75.7 Å². The Hall–Kier alpha value is -4.47. The lowest BCUT2D eigenvalue weighted by Gasteiger charge is -2.45. The van der Waals surface area contributed by atoms with Gasteiger partial charge in [-0.05, 0) is 98.5 Å². The Morgan fingerprint density at radius 3 is 2.60 bits per heavy atom. The average molecular weight is 679 g/mol. The van der Waals surface area contributed by atoms with E-state index in [0.29, 0.717) is 53.1 Å². The molecule has 262 valence electrons. The number of Topliss-reactive ketones (excluding diaryl/α,β-unsaturated/α-hetero) is 1. The molecule has 50 heavy (non-hydrogen) atoms. The molecule has 3 saturated heterocycles. The first-order chi connectivity index (χ1) is 24.3. The zero-order chi connectivity index (χ0) is 34.7. The summed E-state index contributed by atoms with van der Waals surface area (Å²) in [5.74, 6) is 0.645. The summed E-state index contributed by atoms with van der Waals surface area (Å²) in [7, 11) is 0. The second-order valence-electron chi connectivity index (χ2n) is 14.3. The molecule has 3 fully saturated rings. The Bertz CT molecular complexity index is 1910. The van der Waals surface area contributed by atoms with Crippen molar-refractivity contribution in [3.05, 3.63) is 105 Å². The number of pyridine rings is 1. The molecule has 3 aliphatic heterocycles. The molecule has 3 atom stereocenters. The zero-order valence-corrected chi connectivity index (χ0v) is 28.4. The largest absolute Gasteiger partial charge is 0.506 e. The minimum atomic E-state index is -0.988. The van der Waals surface area contributed by atoms with Gasteiger partial charge in [0.1, 0.15) is 23.0 Å². The van der Waals surface area contributed by atoms with Gasteiger partial charge in [0.15, 0.2) is 5.78 Å². The normalized spacial score (nSPS) is 23.0. The van der Waals surface area contributed by atoms with E-state index in [1.807, 2.05) is 30.3 Å². The summed E-state index contributed by atoms with van der Waals surface area (Å²) in [6, 6.07) is 21.5. The van der Waals surface area contributed by atoms with Crippen molar-refractivity contribution < 1.29 is 29.3 Å². The highest BCUT2D eigenvalue weighted by Crippen LogP contribution is 2.45. The highest BCUT2D eigenvalue weighted by molar-refractivity contribution is 6.01. The van der Waals surface area contributed by atoms with Crippen molar-refractivity contribution in [2.75, 3.05) is 26.2 Å². The molecule has 9 nitrogen and oxygen atoms in total. The Labute approximate surface area is 292 Å². The van der Waals surface area contributed by atoms with Crippen molar-refractivity contribution in [3.63, 3.8) is 0 Å². The number of piperidine rings is 3. The van der Waals surface area contributed by atoms with Crippen LogP contribution in [0.25, 0.3) is 10.9 Å². The third-order valence-corrected chi connectivity index (χ3v) is 11.1. The molecular formula is C41H46N2O7. The van der Waals surface area contributed by atoms with Gasteiger partial charge in [-0.3, -0.25) is 19.3 Å². The number of aromatic hydroxyl groups is 1. The molecule has 1 unspecified atom stereocenters. The van der Waals surface area contributed by atoms with Gasteiger partial charge in [0.25, 0.3) is 0 Å². The van der Waals surface area contributed by atoms with Crippen molar-refractivity contribution in [1.82, 2.24) is 9.88 Å². The van der Waals surface area contributed by atoms with Crippen LogP contribution in [0.5, 0.6) is 11.5 Å². The van der Waals surface area contributed by atoms with Crippen LogP contribution in [0.15, 0.2) is 77.6 Å². The monoisotopic (exact) mass is 678 g/mol. The summed E-state index contributed by atoms with van der Waals surface area (Å²) in [6.45, 7) is 3.42. The van der Waals surface area contributed by atoms with Crippen LogP contribution in [-0.2, 0) is 21.4 Å². The summed E-state index contributed by atoms with van der Waals surface area (Å²) < 4.78 is 12.3. The number of fused-ring (bicyclic) bond motifs is 5. The van der Waals surface area contributed by atoms with Crippen LogP contribution in [0, 0.1) is 5.92 Å². The third kappa shape index (κ3) is 7.07. The number of esters is 1. The first kappa shape index (κ1) is 34.0. The molecule has 3 N–H and O–H groups in total. The SMILES string of the molecule is O=C(CC1(C(=O)O[C@H]2CN3CCC2CC3)CCc2ccccc21)c1cccc(OCCCCCC[C@H](O)c2ccc(O)c3[nH]c(=O)ccc23)c1. The van der Waals surface area contributed by atoms with Gasteiger partial charge in [-0.2, -0.15) is 0 Å². The number of phenolic OH excluding ortho intramolecular Hbond substituents is 1. The van der Waals surface area contributed by atoms with Crippen LogP contribution in [0.2, 0.25) is 0 Å². The van der Waals surface area contributed by atoms with E-state index >= 15 is 0 Å². The van der Waals surface area contributed by atoms with Gasteiger partial charge in [0.05, 0.1) is 18.2 Å². The van der Waals surface area contributed by atoms with Crippen molar-refractivity contribution in [2.24, 2.45) is 5.92 Å². The van der Waals surface area contributed by atoms with Gasteiger partial charge in [0, 0.05) is 30.0 Å². The van der Waals surface area contributed by atoms with E-state index in [1.165, 1.54) is 12.1 Å². The van der Waals surface area contributed by atoms with Gasteiger partial charge in [0.2, 0.25) is 5.56 Å². The van der Waals surface area contributed by atoms with E-state index in [1.54, 1.807) is 24.3 Å². The molecular weight excluding hydrogens is 632 g/mol. The summed E-state index contributed by atoms with van der Waals surface area (Å²) in [6.07, 6.45) is 6.68. The Balaban J connectivity index is 0.915. The number of carbonyl (C=O) groups excluding carboxylic acids is 2. The molecule has 4 heterocycles. The predicted molar refractivity (Wildman–Crippen MR) is 191 cm³/mol. The highest BCUT2D eigenvalue weighted by Gasteiger charge is 2.50. The molecule has 0 amide bonds. The van der Waals surface area contributed by atoms with E-state index in [9.17, 15) is 24.6 Å². The second kappa shape index (κ2) is 14.8. The number of aromatic amines is 1. The molecule has 9 heteroatoms. The number of ketones is 1. The number of aromatic nitrogens is 1. The Morgan fingerprint density at radius 1 is 0.960 bits per heavy atom. The smallest absolute Gasteiger partial charge is 0.317 e. The number of ether oxygens (including phenoxy) is 2. The number of rotatable bonds is 14.